The highest BCUT2D eigenvalue weighted by Crippen LogP contribution is 2.66. The molecule has 0 aromatic carbocycles. The summed E-state index contributed by atoms with van der Waals surface area (Å²) in [6, 6.07) is 0. The Kier molecular flexibility index (Phi) is 7.08. The van der Waals surface area contributed by atoms with E-state index in [1.165, 1.54) is 19.3 Å². The standard InChI is InChI=1S/C30H51NO3/c1-7-8-9-18-31(26(33)27(2,3)4)20-30(34)17-16-28(5)21(19-30)10-11-22-23-12-13-25(32)29(23,6)15-14-24(22)28/h21-24,34H,7-20H2,1-6H3/t21-,22-,23-,24-,28-,29-,30+/m0/s1. The van der Waals surface area contributed by atoms with E-state index in [9.17, 15) is 14.7 Å². The highest BCUT2D eigenvalue weighted by Gasteiger charge is 2.61. The molecule has 4 saturated carbocycles. The van der Waals surface area contributed by atoms with E-state index in [-0.39, 0.29) is 16.7 Å². The Morgan fingerprint density at radius 3 is 2.44 bits per heavy atom. The summed E-state index contributed by atoms with van der Waals surface area (Å²) in [5.74, 6) is 3.17. The maximum atomic E-state index is 13.3. The summed E-state index contributed by atoms with van der Waals surface area (Å²) < 4.78 is 0. The van der Waals surface area contributed by atoms with Gasteiger partial charge in [0.2, 0.25) is 5.91 Å². The Morgan fingerprint density at radius 1 is 1.03 bits per heavy atom. The molecule has 0 aromatic heterocycles. The largest absolute Gasteiger partial charge is 0.388 e. The summed E-state index contributed by atoms with van der Waals surface area (Å²) in [6.45, 7) is 14.2. The lowest BCUT2D eigenvalue weighted by Gasteiger charge is -2.61. The van der Waals surface area contributed by atoms with Crippen molar-refractivity contribution in [3.8, 4) is 0 Å². The number of Topliss-reactive ketones (excluding diaryl/α,β-unsaturated/α-hetero) is 1. The number of amides is 1. The molecule has 0 bridgehead atoms. The molecule has 0 saturated heterocycles. The smallest absolute Gasteiger partial charge is 0.228 e. The van der Waals surface area contributed by atoms with Crippen LogP contribution in [0, 0.1) is 39.9 Å². The van der Waals surface area contributed by atoms with Crippen molar-refractivity contribution >= 4 is 11.7 Å². The van der Waals surface area contributed by atoms with Gasteiger partial charge in [-0.2, -0.15) is 0 Å². The monoisotopic (exact) mass is 473 g/mol. The van der Waals surface area contributed by atoms with Crippen LogP contribution in [0.3, 0.4) is 0 Å². The molecule has 4 aliphatic rings. The van der Waals surface area contributed by atoms with Crippen molar-refractivity contribution in [2.75, 3.05) is 13.1 Å². The zero-order valence-corrected chi connectivity index (χ0v) is 22.9. The minimum atomic E-state index is -0.767. The molecule has 4 nitrogen and oxygen atoms in total. The van der Waals surface area contributed by atoms with Crippen LogP contribution in [0.25, 0.3) is 0 Å². The topological polar surface area (TPSA) is 57.6 Å². The zero-order valence-electron chi connectivity index (χ0n) is 22.9. The number of nitrogens with zero attached hydrogens (tertiary/aromatic N) is 1. The quantitative estimate of drug-likeness (QED) is 0.454. The van der Waals surface area contributed by atoms with Crippen molar-refractivity contribution in [2.24, 2.45) is 39.9 Å². The van der Waals surface area contributed by atoms with E-state index in [2.05, 4.69) is 20.8 Å². The van der Waals surface area contributed by atoms with Crippen LogP contribution in [0.4, 0.5) is 0 Å². The van der Waals surface area contributed by atoms with Crippen LogP contribution in [-0.4, -0.2) is 40.4 Å². The second kappa shape index (κ2) is 9.20. The van der Waals surface area contributed by atoms with Crippen LogP contribution in [0.15, 0.2) is 0 Å². The van der Waals surface area contributed by atoms with E-state index in [1.807, 2.05) is 25.7 Å². The molecule has 0 radical (unpaired) electrons. The fraction of sp³-hybridized carbons (Fsp3) is 0.933. The van der Waals surface area contributed by atoms with Crippen molar-refractivity contribution < 1.29 is 14.7 Å². The fourth-order valence-electron chi connectivity index (χ4n) is 8.87. The van der Waals surface area contributed by atoms with Gasteiger partial charge in [0.1, 0.15) is 5.78 Å². The van der Waals surface area contributed by atoms with Gasteiger partial charge in [-0.05, 0) is 86.9 Å². The summed E-state index contributed by atoms with van der Waals surface area (Å²) >= 11 is 0. The van der Waals surface area contributed by atoms with Crippen molar-refractivity contribution in [2.45, 2.75) is 124 Å². The maximum absolute atomic E-state index is 13.3. The SMILES string of the molecule is CCCCCN(C[C@@]1(O)CC[C@@]2(C)[C@@H](CC[C@@H]3[C@@H]2CC[C@]2(C)C(=O)CC[C@@H]32)C1)C(=O)C(C)(C)C. The molecule has 0 aromatic rings. The second-order valence-electron chi connectivity index (χ2n) is 14.2. The summed E-state index contributed by atoms with van der Waals surface area (Å²) in [5.41, 5.74) is -0.983. The Labute approximate surface area is 208 Å². The molecule has 1 amide bonds. The zero-order chi connectivity index (χ0) is 24.9. The number of hydrogen-bond donors (Lipinski definition) is 1. The van der Waals surface area contributed by atoms with Crippen LogP contribution >= 0.6 is 0 Å². The maximum Gasteiger partial charge on any atom is 0.228 e. The minimum absolute atomic E-state index is 0.0634. The molecule has 4 heteroatoms. The first-order chi connectivity index (χ1) is 15.8. The number of aliphatic hydroxyl groups is 1. The predicted molar refractivity (Wildman–Crippen MR) is 137 cm³/mol. The van der Waals surface area contributed by atoms with Crippen LogP contribution in [0.1, 0.15) is 119 Å². The summed E-state index contributed by atoms with van der Waals surface area (Å²) in [4.78, 5) is 28.0. The summed E-state index contributed by atoms with van der Waals surface area (Å²) in [5, 5.41) is 11.8. The van der Waals surface area contributed by atoms with Crippen molar-refractivity contribution in [3.05, 3.63) is 0 Å². The Hall–Kier alpha value is -0.900. The van der Waals surface area contributed by atoms with Crippen LogP contribution in [-0.2, 0) is 9.59 Å². The normalized spacial score (nSPS) is 42.0. The number of unbranched alkanes of at least 4 members (excludes halogenated alkanes) is 2. The average molecular weight is 474 g/mol. The Bertz CT molecular complexity index is 786. The highest BCUT2D eigenvalue weighted by molar-refractivity contribution is 5.87. The molecule has 4 rings (SSSR count). The summed E-state index contributed by atoms with van der Waals surface area (Å²) in [6.07, 6.45) is 12.5. The van der Waals surface area contributed by atoms with Crippen LogP contribution < -0.4 is 0 Å². The molecule has 0 aliphatic heterocycles. The van der Waals surface area contributed by atoms with Crippen LogP contribution in [0.2, 0.25) is 0 Å². The van der Waals surface area contributed by atoms with E-state index in [4.69, 9.17) is 0 Å². The fourth-order valence-corrected chi connectivity index (χ4v) is 8.87. The van der Waals surface area contributed by atoms with E-state index < -0.39 is 11.0 Å². The van der Waals surface area contributed by atoms with E-state index in [1.54, 1.807) is 0 Å². The van der Waals surface area contributed by atoms with Gasteiger partial charge in [-0.25, -0.2) is 0 Å². The molecule has 1 N–H and O–H groups in total. The molecule has 4 aliphatic carbocycles. The van der Waals surface area contributed by atoms with Crippen molar-refractivity contribution in [1.82, 2.24) is 4.90 Å². The Morgan fingerprint density at radius 2 is 1.76 bits per heavy atom. The van der Waals surface area contributed by atoms with Gasteiger partial charge < -0.3 is 10.0 Å². The third kappa shape index (κ3) is 4.50. The first-order valence-electron chi connectivity index (χ1n) is 14.4. The van der Waals surface area contributed by atoms with Crippen LogP contribution in [0.5, 0.6) is 0 Å². The van der Waals surface area contributed by atoms with Gasteiger partial charge in [-0.3, -0.25) is 9.59 Å². The third-order valence-electron chi connectivity index (χ3n) is 11.0. The third-order valence-corrected chi connectivity index (χ3v) is 11.0. The number of hydrogen-bond acceptors (Lipinski definition) is 3. The molecule has 34 heavy (non-hydrogen) atoms. The first kappa shape index (κ1) is 26.2. The van der Waals surface area contributed by atoms with Crippen molar-refractivity contribution in [1.29, 1.82) is 0 Å². The number of rotatable bonds is 6. The van der Waals surface area contributed by atoms with Crippen molar-refractivity contribution in [3.63, 3.8) is 0 Å². The minimum Gasteiger partial charge on any atom is -0.388 e. The van der Waals surface area contributed by atoms with Gasteiger partial charge in [0.15, 0.2) is 0 Å². The first-order valence-corrected chi connectivity index (χ1v) is 14.4. The van der Waals surface area contributed by atoms with Gasteiger partial charge in [-0.15, -0.1) is 0 Å². The van der Waals surface area contributed by atoms with E-state index in [0.717, 1.165) is 64.3 Å². The second-order valence-corrected chi connectivity index (χ2v) is 14.2. The van der Waals surface area contributed by atoms with Gasteiger partial charge in [0, 0.05) is 30.3 Å². The molecule has 0 spiro atoms. The molecule has 0 heterocycles. The predicted octanol–water partition coefficient (Wildman–Crippen LogP) is 6.39. The Balaban J connectivity index is 1.48. The van der Waals surface area contributed by atoms with Gasteiger partial charge in [-0.1, -0.05) is 54.4 Å². The molecule has 4 fully saturated rings. The van der Waals surface area contributed by atoms with E-state index in [0.29, 0.717) is 36.0 Å². The number of fused-ring (bicyclic) bond motifs is 5. The highest BCUT2D eigenvalue weighted by atomic mass is 16.3. The molecular formula is C30H51NO3. The molecule has 0 unspecified atom stereocenters. The molecule has 194 valence electrons. The van der Waals surface area contributed by atoms with E-state index >= 15 is 0 Å². The average Bonchev–Trinajstić information content (AvgIpc) is 3.07. The number of ketones is 1. The number of carbonyl (C=O) groups excluding carboxylic acids is 2. The molecule has 7 atom stereocenters. The van der Waals surface area contributed by atoms with Gasteiger partial charge >= 0.3 is 0 Å². The lowest BCUT2D eigenvalue weighted by atomic mass is 9.44. The lowest BCUT2D eigenvalue weighted by molar-refractivity contribution is -0.163. The number of carbonyl (C=O) groups is 2. The van der Waals surface area contributed by atoms with Gasteiger partial charge in [0.25, 0.3) is 0 Å². The molecular weight excluding hydrogens is 422 g/mol. The van der Waals surface area contributed by atoms with Gasteiger partial charge in [0.05, 0.1) is 5.60 Å². The lowest BCUT2D eigenvalue weighted by Crippen LogP contribution is -2.58. The summed E-state index contributed by atoms with van der Waals surface area (Å²) in [7, 11) is 0.